The van der Waals surface area contributed by atoms with Gasteiger partial charge in [0.05, 0.1) is 5.92 Å². The molecule has 6 nitrogen and oxygen atoms in total. The van der Waals surface area contributed by atoms with Crippen LogP contribution in [0.4, 0.5) is 5.13 Å². The molecule has 0 saturated carbocycles. The average Bonchev–Trinajstić information content (AvgIpc) is 3.12. The van der Waals surface area contributed by atoms with Crippen LogP contribution in [-0.2, 0) is 9.59 Å². The van der Waals surface area contributed by atoms with Gasteiger partial charge in [-0.15, -0.1) is 10.2 Å². The molecule has 0 aliphatic carbocycles. The van der Waals surface area contributed by atoms with E-state index in [4.69, 9.17) is 0 Å². The molecule has 0 bridgehead atoms. The van der Waals surface area contributed by atoms with Crippen molar-refractivity contribution in [1.29, 1.82) is 0 Å². The summed E-state index contributed by atoms with van der Waals surface area (Å²) in [6, 6.07) is 0. The molecule has 1 fully saturated rings. The molecular formula is C16H26N4O2S. The van der Waals surface area contributed by atoms with Crippen molar-refractivity contribution in [3.05, 3.63) is 5.01 Å². The second-order valence-electron chi connectivity index (χ2n) is 6.22. The van der Waals surface area contributed by atoms with E-state index in [9.17, 15) is 9.59 Å². The lowest BCUT2D eigenvalue weighted by molar-refractivity contribution is -0.128. The number of anilines is 1. The fourth-order valence-corrected chi connectivity index (χ4v) is 3.59. The standard InChI is InChI=1S/C16H26N4O2S/c1-4-6-8-20-10-12(9-13(20)21)14(22)17-16-19-18-15(23-16)11(3)7-5-2/h11-12H,4-10H2,1-3H3,(H,17,19,22)/t11-,12-/m1/s1. The summed E-state index contributed by atoms with van der Waals surface area (Å²) in [6.07, 6.45) is 4.49. The lowest BCUT2D eigenvalue weighted by Crippen LogP contribution is -2.29. The number of unbranched alkanes of at least 4 members (excludes halogenated alkanes) is 1. The molecule has 2 heterocycles. The predicted octanol–water partition coefficient (Wildman–Crippen LogP) is 3.03. The van der Waals surface area contributed by atoms with Crippen molar-refractivity contribution in [3.8, 4) is 0 Å². The molecule has 2 rings (SSSR count). The summed E-state index contributed by atoms with van der Waals surface area (Å²) in [5.41, 5.74) is 0. The van der Waals surface area contributed by atoms with Crippen LogP contribution in [-0.4, -0.2) is 40.0 Å². The molecule has 1 N–H and O–H groups in total. The van der Waals surface area contributed by atoms with Crippen molar-refractivity contribution in [1.82, 2.24) is 15.1 Å². The molecule has 2 amide bonds. The Labute approximate surface area is 141 Å². The van der Waals surface area contributed by atoms with Gasteiger partial charge in [-0.05, 0) is 12.8 Å². The van der Waals surface area contributed by atoms with E-state index in [0.717, 1.165) is 37.2 Å². The molecule has 2 atom stereocenters. The molecule has 23 heavy (non-hydrogen) atoms. The minimum absolute atomic E-state index is 0.0770. The Morgan fingerprint density at radius 1 is 1.39 bits per heavy atom. The summed E-state index contributed by atoms with van der Waals surface area (Å²) in [5.74, 6) is 0.0387. The summed E-state index contributed by atoms with van der Waals surface area (Å²) in [5, 5.41) is 12.5. The monoisotopic (exact) mass is 338 g/mol. The second kappa shape index (κ2) is 8.38. The summed E-state index contributed by atoms with van der Waals surface area (Å²) >= 11 is 1.43. The molecule has 0 aromatic carbocycles. The third kappa shape index (κ3) is 4.73. The van der Waals surface area contributed by atoms with Crippen LogP contribution in [0.5, 0.6) is 0 Å². The highest BCUT2D eigenvalue weighted by Crippen LogP contribution is 2.27. The Kier molecular flexibility index (Phi) is 6.50. The number of nitrogens with one attached hydrogen (secondary N) is 1. The van der Waals surface area contributed by atoms with Gasteiger partial charge in [0.2, 0.25) is 16.9 Å². The number of hydrogen-bond donors (Lipinski definition) is 1. The molecule has 1 aromatic rings. The Morgan fingerprint density at radius 3 is 2.87 bits per heavy atom. The van der Waals surface area contributed by atoms with Gasteiger partial charge in [0.25, 0.3) is 0 Å². The second-order valence-corrected chi connectivity index (χ2v) is 7.23. The smallest absolute Gasteiger partial charge is 0.231 e. The molecule has 1 aromatic heterocycles. The molecule has 0 spiro atoms. The zero-order valence-electron chi connectivity index (χ0n) is 14.2. The predicted molar refractivity (Wildman–Crippen MR) is 91.5 cm³/mol. The van der Waals surface area contributed by atoms with Crippen LogP contribution >= 0.6 is 11.3 Å². The van der Waals surface area contributed by atoms with E-state index >= 15 is 0 Å². The largest absolute Gasteiger partial charge is 0.342 e. The first-order valence-corrected chi connectivity index (χ1v) is 9.28. The van der Waals surface area contributed by atoms with Crippen LogP contribution in [0.3, 0.4) is 0 Å². The Morgan fingerprint density at radius 2 is 2.17 bits per heavy atom. The van der Waals surface area contributed by atoms with Crippen molar-refractivity contribution >= 4 is 28.3 Å². The lowest BCUT2D eigenvalue weighted by atomic mass is 10.1. The number of rotatable bonds is 8. The van der Waals surface area contributed by atoms with Gasteiger partial charge < -0.3 is 10.2 Å². The van der Waals surface area contributed by atoms with Crippen LogP contribution < -0.4 is 5.32 Å². The Bertz CT molecular complexity index is 546. The van der Waals surface area contributed by atoms with E-state index in [1.807, 2.05) is 0 Å². The third-order valence-corrected chi connectivity index (χ3v) is 5.25. The van der Waals surface area contributed by atoms with Crippen molar-refractivity contribution in [2.45, 2.75) is 58.8 Å². The van der Waals surface area contributed by atoms with Gasteiger partial charge in [-0.1, -0.05) is 44.9 Å². The highest BCUT2D eigenvalue weighted by molar-refractivity contribution is 7.15. The van der Waals surface area contributed by atoms with Crippen molar-refractivity contribution in [2.75, 3.05) is 18.4 Å². The fraction of sp³-hybridized carbons (Fsp3) is 0.750. The number of amides is 2. The highest BCUT2D eigenvalue weighted by atomic mass is 32.1. The Balaban J connectivity index is 1.89. The van der Waals surface area contributed by atoms with Crippen LogP contribution in [0, 0.1) is 5.92 Å². The number of carbonyl (C=O) groups excluding carboxylic acids is 2. The average molecular weight is 338 g/mol. The maximum Gasteiger partial charge on any atom is 0.231 e. The minimum Gasteiger partial charge on any atom is -0.342 e. The molecule has 7 heteroatoms. The first-order valence-electron chi connectivity index (χ1n) is 8.47. The number of aromatic nitrogens is 2. The van der Waals surface area contributed by atoms with Crippen LogP contribution in [0.1, 0.15) is 63.8 Å². The molecule has 0 unspecified atom stereocenters. The topological polar surface area (TPSA) is 75.2 Å². The van der Waals surface area contributed by atoms with Crippen molar-refractivity contribution in [2.24, 2.45) is 5.92 Å². The summed E-state index contributed by atoms with van der Waals surface area (Å²) in [6.45, 7) is 7.62. The molecule has 1 saturated heterocycles. The van der Waals surface area contributed by atoms with E-state index in [-0.39, 0.29) is 17.7 Å². The summed E-state index contributed by atoms with van der Waals surface area (Å²) in [4.78, 5) is 26.1. The SMILES string of the molecule is CCCCN1C[C@H](C(=O)Nc2nnc([C@H](C)CCC)s2)CC1=O. The van der Waals surface area contributed by atoms with Crippen LogP contribution in [0.15, 0.2) is 0 Å². The Hall–Kier alpha value is -1.50. The fourth-order valence-electron chi connectivity index (χ4n) is 2.76. The van der Waals surface area contributed by atoms with Gasteiger partial charge in [-0.3, -0.25) is 9.59 Å². The van der Waals surface area contributed by atoms with E-state index in [0.29, 0.717) is 24.0 Å². The van der Waals surface area contributed by atoms with Crippen molar-refractivity contribution < 1.29 is 9.59 Å². The van der Waals surface area contributed by atoms with Gasteiger partial charge in [0.1, 0.15) is 5.01 Å². The maximum absolute atomic E-state index is 12.3. The molecule has 1 aliphatic rings. The van der Waals surface area contributed by atoms with Gasteiger partial charge >= 0.3 is 0 Å². The zero-order valence-corrected chi connectivity index (χ0v) is 15.0. The van der Waals surface area contributed by atoms with E-state index in [1.54, 1.807) is 4.90 Å². The number of likely N-dealkylation sites (tertiary alicyclic amines) is 1. The quantitative estimate of drug-likeness (QED) is 0.790. The molecule has 1 aliphatic heterocycles. The minimum atomic E-state index is -0.278. The van der Waals surface area contributed by atoms with Crippen LogP contribution in [0.25, 0.3) is 0 Å². The normalized spacial score (nSPS) is 19.2. The zero-order chi connectivity index (χ0) is 16.8. The van der Waals surface area contributed by atoms with E-state index in [2.05, 4.69) is 36.3 Å². The van der Waals surface area contributed by atoms with E-state index < -0.39 is 0 Å². The molecular weight excluding hydrogens is 312 g/mol. The number of carbonyl (C=O) groups is 2. The number of hydrogen-bond acceptors (Lipinski definition) is 5. The van der Waals surface area contributed by atoms with Crippen molar-refractivity contribution in [3.63, 3.8) is 0 Å². The maximum atomic E-state index is 12.3. The van der Waals surface area contributed by atoms with E-state index in [1.165, 1.54) is 11.3 Å². The van der Waals surface area contributed by atoms with Gasteiger partial charge in [0.15, 0.2) is 0 Å². The van der Waals surface area contributed by atoms with Gasteiger partial charge in [-0.2, -0.15) is 0 Å². The third-order valence-electron chi connectivity index (χ3n) is 4.18. The van der Waals surface area contributed by atoms with Gasteiger partial charge in [-0.25, -0.2) is 0 Å². The lowest BCUT2D eigenvalue weighted by Gasteiger charge is -2.15. The first kappa shape index (κ1) is 17.8. The van der Waals surface area contributed by atoms with Crippen LogP contribution in [0.2, 0.25) is 0 Å². The summed E-state index contributed by atoms with van der Waals surface area (Å²) in [7, 11) is 0. The molecule has 0 radical (unpaired) electrons. The number of nitrogens with zero attached hydrogens (tertiary/aromatic N) is 3. The first-order chi connectivity index (χ1) is 11.0. The molecule has 128 valence electrons. The summed E-state index contributed by atoms with van der Waals surface area (Å²) < 4.78 is 0. The van der Waals surface area contributed by atoms with Gasteiger partial charge in [0, 0.05) is 25.4 Å². The highest BCUT2D eigenvalue weighted by Gasteiger charge is 2.34.